The highest BCUT2D eigenvalue weighted by Gasteiger charge is 2.30. The maximum Gasteiger partial charge on any atom is 0.416 e. The van der Waals surface area contributed by atoms with Crippen molar-refractivity contribution in [2.45, 2.75) is 12.6 Å². The first kappa shape index (κ1) is 25.4. The lowest BCUT2D eigenvalue weighted by molar-refractivity contribution is -0.137. The van der Waals surface area contributed by atoms with Gasteiger partial charge in [-0.3, -0.25) is 9.69 Å². The molecule has 3 aromatic carbocycles. The van der Waals surface area contributed by atoms with Crippen LogP contribution >= 0.6 is 23.2 Å². The van der Waals surface area contributed by atoms with Gasteiger partial charge in [-0.25, -0.2) is 4.79 Å². The molecule has 0 aliphatic rings. The molecule has 178 valence electrons. The van der Waals surface area contributed by atoms with Crippen LogP contribution in [-0.4, -0.2) is 25.0 Å². The summed E-state index contributed by atoms with van der Waals surface area (Å²) < 4.78 is 39.0. The van der Waals surface area contributed by atoms with Crippen molar-refractivity contribution in [3.8, 4) is 0 Å². The van der Waals surface area contributed by atoms with Crippen LogP contribution in [0.3, 0.4) is 0 Å². The van der Waals surface area contributed by atoms with Crippen LogP contribution in [0.15, 0.2) is 72.8 Å². The Kier molecular flexibility index (Phi) is 8.41. The van der Waals surface area contributed by atoms with Crippen molar-refractivity contribution >= 4 is 46.5 Å². The monoisotopic (exact) mass is 509 g/mol. The smallest absolute Gasteiger partial charge is 0.352 e. The Morgan fingerprint density at radius 3 is 2.32 bits per heavy atom. The number of urea groups is 1. The third-order valence-corrected chi connectivity index (χ3v) is 5.32. The summed E-state index contributed by atoms with van der Waals surface area (Å²) in [5.41, 5.74) is -0.0149. The largest absolute Gasteiger partial charge is 0.416 e. The number of hydrogen-bond acceptors (Lipinski definition) is 2. The van der Waals surface area contributed by atoms with Gasteiger partial charge >= 0.3 is 12.2 Å². The van der Waals surface area contributed by atoms with E-state index in [2.05, 4.69) is 10.6 Å². The van der Waals surface area contributed by atoms with E-state index >= 15 is 0 Å². The van der Waals surface area contributed by atoms with Crippen molar-refractivity contribution < 1.29 is 22.8 Å². The Labute approximate surface area is 204 Å². The van der Waals surface area contributed by atoms with E-state index in [-0.39, 0.29) is 35.3 Å². The summed E-state index contributed by atoms with van der Waals surface area (Å²) in [4.78, 5) is 26.7. The number of carbonyl (C=O) groups excluding carboxylic acids is 2. The second-order valence-electron chi connectivity index (χ2n) is 7.23. The molecule has 0 heterocycles. The number of para-hydroxylation sites is 1. The van der Waals surface area contributed by atoms with Gasteiger partial charge in [0.2, 0.25) is 0 Å². The molecule has 0 atom stereocenters. The molecular weight excluding hydrogens is 490 g/mol. The fourth-order valence-corrected chi connectivity index (χ4v) is 3.62. The summed E-state index contributed by atoms with van der Waals surface area (Å²) >= 11 is 11.9. The first-order valence-electron chi connectivity index (χ1n) is 10.2. The third-order valence-electron chi connectivity index (χ3n) is 4.77. The molecule has 34 heavy (non-hydrogen) atoms. The van der Waals surface area contributed by atoms with Gasteiger partial charge in [0.1, 0.15) is 0 Å². The predicted molar refractivity (Wildman–Crippen MR) is 128 cm³/mol. The Morgan fingerprint density at radius 1 is 0.912 bits per heavy atom. The molecule has 0 saturated carbocycles. The van der Waals surface area contributed by atoms with E-state index < -0.39 is 17.8 Å². The normalized spacial score (nSPS) is 11.1. The number of halogens is 5. The molecule has 0 spiro atoms. The SMILES string of the molecule is O=C(NCCCN(C(=O)Nc1cccc(C(F)(F)F)c1)c1ccccc1)c1ccc(Cl)cc1Cl. The van der Waals surface area contributed by atoms with E-state index in [1.165, 1.54) is 29.2 Å². The lowest BCUT2D eigenvalue weighted by Crippen LogP contribution is -2.37. The van der Waals surface area contributed by atoms with Crippen LogP contribution in [0.4, 0.5) is 29.3 Å². The standard InChI is InChI=1S/C24H20Cl2F3N3O2/c25-17-10-11-20(21(26)15-17)22(33)30-12-5-13-32(19-8-2-1-3-9-19)23(34)31-18-7-4-6-16(14-18)24(27,28)29/h1-4,6-11,14-15H,5,12-13H2,(H,30,33)(H,31,34). The van der Waals surface area contributed by atoms with Crippen LogP contribution in [0.2, 0.25) is 10.0 Å². The van der Waals surface area contributed by atoms with Crippen LogP contribution in [-0.2, 0) is 6.18 Å². The second kappa shape index (κ2) is 11.3. The molecule has 3 amide bonds. The van der Waals surface area contributed by atoms with Crippen LogP contribution in [0.5, 0.6) is 0 Å². The molecule has 0 fully saturated rings. The fourth-order valence-electron chi connectivity index (χ4n) is 3.13. The van der Waals surface area contributed by atoms with Gasteiger partial charge in [-0.2, -0.15) is 13.2 Å². The van der Waals surface area contributed by atoms with Crippen LogP contribution < -0.4 is 15.5 Å². The van der Waals surface area contributed by atoms with E-state index in [1.54, 1.807) is 36.4 Å². The lowest BCUT2D eigenvalue weighted by atomic mass is 10.2. The molecule has 3 aromatic rings. The summed E-state index contributed by atoms with van der Waals surface area (Å²) in [6, 6.07) is 17.0. The van der Waals surface area contributed by atoms with E-state index in [1.807, 2.05) is 0 Å². The lowest BCUT2D eigenvalue weighted by Gasteiger charge is -2.23. The highest BCUT2D eigenvalue weighted by atomic mass is 35.5. The van der Waals surface area contributed by atoms with Crippen molar-refractivity contribution in [2.75, 3.05) is 23.3 Å². The van der Waals surface area contributed by atoms with Gasteiger partial charge < -0.3 is 10.6 Å². The van der Waals surface area contributed by atoms with Crippen molar-refractivity contribution in [2.24, 2.45) is 0 Å². The fraction of sp³-hybridized carbons (Fsp3) is 0.167. The molecule has 0 radical (unpaired) electrons. The third kappa shape index (κ3) is 6.88. The zero-order chi connectivity index (χ0) is 24.7. The molecule has 0 bridgehead atoms. The maximum absolute atomic E-state index is 13.0. The molecule has 0 aliphatic heterocycles. The number of amides is 3. The van der Waals surface area contributed by atoms with Gasteiger partial charge in [-0.1, -0.05) is 47.5 Å². The van der Waals surface area contributed by atoms with E-state index in [0.29, 0.717) is 17.1 Å². The van der Waals surface area contributed by atoms with Crippen LogP contribution in [0.25, 0.3) is 0 Å². The number of rotatable bonds is 7. The minimum atomic E-state index is -4.52. The Hall–Kier alpha value is -3.23. The van der Waals surface area contributed by atoms with E-state index in [0.717, 1.165) is 12.1 Å². The van der Waals surface area contributed by atoms with Crippen LogP contribution in [0, 0.1) is 0 Å². The zero-order valence-electron chi connectivity index (χ0n) is 17.7. The molecule has 3 rings (SSSR count). The molecule has 0 unspecified atom stereocenters. The number of nitrogens with zero attached hydrogens (tertiary/aromatic N) is 1. The number of anilines is 2. The molecule has 0 saturated heterocycles. The summed E-state index contributed by atoms with van der Waals surface area (Å²) in [5.74, 6) is -0.388. The van der Waals surface area contributed by atoms with Crippen molar-refractivity contribution in [3.63, 3.8) is 0 Å². The second-order valence-corrected chi connectivity index (χ2v) is 8.07. The molecule has 0 aliphatic carbocycles. The quantitative estimate of drug-likeness (QED) is 0.341. The number of carbonyl (C=O) groups is 2. The minimum absolute atomic E-state index is 0.0199. The maximum atomic E-state index is 13.0. The Morgan fingerprint density at radius 2 is 1.65 bits per heavy atom. The highest BCUT2D eigenvalue weighted by Crippen LogP contribution is 2.31. The molecule has 2 N–H and O–H groups in total. The minimum Gasteiger partial charge on any atom is -0.352 e. The average Bonchev–Trinajstić information content (AvgIpc) is 2.79. The average molecular weight is 510 g/mol. The van der Waals surface area contributed by atoms with Gasteiger partial charge in [0, 0.05) is 29.5 Å². The summed E-state index contributed by atoms with van der Waals surface area (Å²) in [6.07, 6.45) is -4.15. The molecular formula is C24H20Cl2F3N3O2. The zero-order valence-corrected chi connectivity index (χ0v) is 19.2. The topological polar surface area (TPSA) is 61.4 Å². The molecule has 0 aromatic heterocycles. The number of benzene rings is 3. The number of hydrogen-bond donors (Lipinski definition) is 2. The van der Waals surface area contributed by atoms with Gasteiger partial charge in [-0.15, -0.1) is 0 Å². The molecule has 5 nitrogen and oxygen atoms in total. The Bertz CT molecular complexity index is 1160. The van der Waals surface area contributed by atoms with Crippen LogP contribution in [0.1, 0.15) is 22.3 Å². The number of alkyl halides is 3. The highest BCUT2D eigenvalue weighted by molar-refractivity contribution is 6.36. The van der Waals surface area contributed by atoms with E-state index in [9.17, 15) is 22.8 Å². The van der Waals surface area contributed by atoms with E-state index in [4.69, 9.17) is 23.2 Å². The van der Waals surface area contributed by atoms with Gasteiger partial charge in [-0.05, 0) is 55.0 Å². The number of nitrogens with one attached hydrogen (secondary N) is 2. The van der Waals surface area contributed by atoms with Gasteiger partial charge in [0.25, 0.3) is 5.91 Å². The summed E-state index contributed by atoms with van der Waals surface area (Å²) in [6.45, 7) is 0.432. The first-order valence-corrected chi connectivity index (χ1v) is 10.9. The van der Waals surface area contributed by atoms with Crippen molar-refractivity contribution in [3.05, 3.63) is 94.0 Å². The predicted octanol–water partition coefficient (Wildman–Crippen LogP) is 6.87. The van der Waals surface area contributed by atoms with Crippen molar-refractivity contribution in [1.82, 2.24) is 5.32 Å². The van der Waals surface area contributed by atoms with Gasteiger partial charge in [0.05, 0.1) is 16.1 Å². The van der Waals surface area contributed by atoms with Gasteiger partial charge in [0.15, 0.2) is 0 Å². The summed E-state index contributed by atoms with van der Waals surface area (Å²) in [7, 11) is 0. The Balaban J connectivity index is 1.65. The van der Waals surface area contributed by atoms with Crippen molar-refractivity contribution in [1.29, 1.82) is 0 Å². The molecule has 10 heteroatoms. The summed E-state index contributed by atoms with van der Waals surface area (Å²) in [5, 5.41) is 5.87. The first-order chi connectivity index (χ1) is 16.1.